The van der Waals surface area contributed by atoms with E-state index < -0.39 is 5.97 Å². The summed E-state index contributed by atoms with van der Waals surface area (Å²) in [6.07, 6.45) is 3.85. The molecule has 0 radical (unpaired) electrons. The van der Waals surface area contributed by atoms with Gasteiger partial charge in [-0.15, -0.1) is 0 Å². The second-order valence-electron chi connectivity index (χ2n) is 9.22. The van der Waals surface area contributed by atoms with E-state index in [4.69, 9.17) is 10.4 Å². The smallest absolute Gasteiger partial charge is 0.335 e. The predicted molar refractivity (Wildman–Crippen MR) is 151 cm³/mol. The Kier molecular flexibility index (Phi) is 6.62. The normalized spacial score (nSPS) is 12.7. The summed E-state index contributed by atoms with van der Waals surface area (Å²) in [5.41, 5.74) is 6.38. The van der Waals surface area contributed by atoms with Gasteiger partial charge in [-0.3, -0.25) is 4.98 Å². The van der Waals surface area contributed by atoms with E-state index in [0.29, 0.717) is 5.57 Å². The molecular formula is C32H27N3O3. The number of carboxylic acids is 1. The topological polar surface area (TPSA) is 99.2 Å². The second kappa shape index (κ2) is 10.2. The molecule has 0 aliphatic carbocycles. The quantitative estimate of drug-likeness (QED) is 0.160. The lowest BCUT2D eigenvalue weighted by atomic mass is 9.97. The number of aromatic carboxylic acids is 1. The Labute approximate surface area is 220 Å². The van der Waals surface area contributed by atoms with E-state index in [2.05, 4.69) is 22.9 Å². The van der Waals surface area contributed by atoms with Gasteiger partial charge in [-0.05, 0) is 60.9 Å². The number of rotatable bonds is 7. The Morgan fingerprint density at radius 3 is 2.16 bits per heavy atom. The molecule has 2 heterocycles. The van der Waals surface area contributed by atoms with Crippen LogP contribution >= 0.6 is 0 Å². The van der Waals surface area contributed by atoms with Crippen molar-refractivity contribution < 1.29 is 15.0 Å². The van der Waals surface area contributed by atoms with Gasteiger partial charge in [-0.25, -0.2) is 4.79 Å². The molecule has 6 heteroatoms. The Balaban J connectivity index is 1.82. The van der Waals surface area contributed by atoms with Crippen molar-refractivity contribution in [1.29, 1.82) is 5.41 Å². The maximum atomic E-state index is 11.4. The highest BCUT2D eigenvalue weighted by atomic mass is 16.4. The molecule has 0 aliphatic rings. The minimum Gasteiger partial charge on any atom is -0.512 e. The van der Waals surface area contributed by atoms with E-state index in [1.54, 1.807) is 32.2 Å². The van der Waals surface area contributed by atoms with E-state index in [0.717, 1.165) is 38.9 Å². The number of benzene rings is 3. The summed E-state index contributed by atoms with van der Waals surface area (Å²) in [5.74, 6) is -0.882. The molecule has 0 saturated heterocycles. The molecule has 0 saturated carbocycles. The number of fused-ring (bicyclic) bond motifs is 1. The molecular weight excluding hydrogens is 474 g/mol. The lowest BCUT2D eigenvalue weighted by Gasteiger charge is -2.21. The van der Waals surface area contributed by atoms with Gasteiger partial charge in [-0.1, -0.05) is 60.7 Å². The highest BCUT2D eigenvalue weighted by Crippen LogP contribution is 2.38. The standard InChI is InChI=1S/C32H27N3O3/c1-20(33)30(21(2)36)25-15-16-26-27(22-11-13-24(14-12-22)32(37)38)19-35(29(26)18-25)31(23-8-4-3-5-9-23)28-10-6-7-17-34-28/h3-19,31,33,36H,1-2H3,(H,37,38)/b30-21+,33-20?. The summed E-state index contributed by atoms with van der Waals surface area (Å²) in [6, 6.07) is 28.5. The average Bonchev–Trinajstić information content (AvgIpc) is 3.28. The number of hydrogen-bond acceptors (Lipinski definition) is 4. The monoisotopic (exact) mass is 501 g/mol. The van der Waals surface area contributed by atoms with E-state index in [1.165, 1.54) is 0 Å². The van der Waals surface area contributed by atoms with Crippen LogP contribution in [-0.2, 0) is 0 Å². The molecule has 0 spiro atoms. The zero-order valence-electron chi connectivity index (χ0n) is 21.1. The zero-order valence-corrected chi connectivity index (χ0v) is 21.1. The van der Waals surface area contributed by atoms with Crippen LogP contribution in [0.1, 0.15) is 47.1 Å². The SMILES string of the molecule is CC(=N)/C(=C(/C)O)c1ccc2c(-c3ccc(C(=O)O)cc3)cn(C(c3ccccc3)c3ccccn3)c2c1. The molecule has 5 rings (SSSR count). The third kappa shape index (κ3) is 4.60. The third-order valence-corrected chi connectivity index (χ3v) is 6.66. The van der Waals surface area contributed by atoms with Crippen LogP contribution < -0.4 is 0 Å². The van der Waals surface area contributed by atoms with Crippen molar-refractivity contribution in [3.8, 4) is 11.1 Å². The van der Waals surface area contributed by atoms with Crippen LogP contribution in [0, 0.1) is 5.41 Å². The zero-order chi connectivity index (χ0) is 26.8. The lowest BCUT2D eigenvalue weighted by molar-refractivity contribution is 0.0697. The number of nitrogens with zero attached hydrogens (tertiary/aromatic N) is 2. The van der Waals surface area contributed by atoms with Crippen molar-refractivity contribution >= 4 is 28.2 Å². The number of hydrogen-bond donors (Lipinski definition) is 3. The number of carbonyl (C=O) groups is 1. The van der Waals surface area contributed by atoms with Gasteiger partial charge in [0, 0.05) is 34.6 Å². The highest BCUT2D eigenvalue weighted by Gasteiger charge is 2.23. The van der Waals surface area contributed by atoms with Crippen LogP contribution in [0.15, 0.2) is 109 Å². The molecule has 3 N–H and O–H groups in total. The minimum absolute atomic E-state index is 0.0868. The van der Waals surface area contributed by atoms with Crippen molar-refractivity contribution in [2.75, 3.05) is 0 Å². The maximum absolute atomic E-state index is 11.4. The third-order valence-electron chi connectivity index (χ3n) is 6.66. The van der Waals surface area contributed by atoms with Crippen LogP contribution in [0.5, 0.6) is 0 Å². The first-order valence-corrected chi connectivity index (χ1v) is 12.2. The van der Waals surface area contributed by atoms with Crippen molar-refractivity contribution in [2.24, 2.45) is 0 Å². The first kappa shape index (κ1) is 24.7. The Bertz CT molecular complexity index is 1620. The Morgan fingerprint density at radius 1 is 0.868 bits per heavy atom. The number of aliphatic hydroxyl groups is 1. The summed E-state index contributed by atoms with van der Waals surface area (Å²) in [4.78, 5) is 16.1. The van der Waals surface area contributed by atoms with Crippen LogP contribution in [0.3, 0.4) is 0 Å². The van der Waals surface area contributed by atoms with Crippen molar-refractivity contribution in [1.82, 2.24) is 9.55 Å². The van der Waals surface area contributed by atoms with Gasteiger partial charge < -0.3 is 20.2 Å². The van der Waals surface area contributed by atoms with Crippen molar-refractivity contribution in [3.05, 3.63) is 132 Å². The number of allylic oxidation sites excluding steroid dienone is 2. The number of carboxylic acid groups (broad SMARTS) is 1. The molecule has 1 unspecified atom stereocenters. The number of pyridine rings is 1. The van der Waals surface area contributed by atoms with Gasteiger partial charge in [0.15, 0.2) is 0 Å². The van der Waals surface area contributed by atoms with Gasteiger partial charge in [-0.2, -0.15) is 0 Å². The molecule has 6 nitrogen and oxygen atoms in total. The fourth-order valence-corrected chi connectivity index (χ4v) is 4.99. The van der Waals surface area contributed by atoms with E-state index >= 15 is 0 Å². The average molecular weight is 502 g/mol. The van der Waals surface area contributed by atoms with Crippen LogP contribution in [0.2, 0.25) is 0 Å². The summed E-state index contributed by atoms with van der Waals surface area (Å²) in [7, 11) is 0. The van der Waals surface area contributed by atoms with Crippen LogP contribution in [0.4, 0.5) is 0 Å². The molecule has 0 aliphatic heterocycles. The van der Waals surface area contributed by atoms with Crippen molar-refractivity contribution in [2.45, 2.75) is 19.9 Å². The maximum Gasteiger partial charge on any atom is 0.335 e. The molecule has 0 bridgehead atoms. The number of nitrogens with one attached hydrogen (secondary N) is 1. The first-order valence-electron chi connectivity index (χ1n) is 12.2. The van der Waals surface area contributed by atoms with Gasteiger partial charge in [0.2, 0.25) is 0 Å². The van der Waals surface area contributed by atoms with Gasteiger partial charge in [0.05, 0.1) is 22.5 Å². The van der Waals surface area contributed by atoms with Crippen LogP contribution in [-0.4, -0.2) is 31.4 Å². The Morgan fingerprint density at radius 2 is 1.55 bits per heavy atom. The predicted octanol–water partition coefficient (Wildman–Crippen LogP) is 7.37. The van der Waals surface area contributed by atoms with E-state index in [9.17, 15) is 15.0 Å². The molecule has 188 valence electrons. The fourth-order valence-electron chi connectivity index (χ4n) is 4.99. The largest absolute Gasteiger partial charge is 0.512 e. The number of aliphatic hydroxyl groups excluding tert-OH is 1. The van der Waals surface area contributed by atoms with Crippen molar-refractivity contribution in [3.63, 3.8) is 0 Å². The molecule has 3 aromatic carbocycles. The van der Waals surface area contributed by atoms with Crippen LogP contribution in [0.25, 0.3) is 27.6 Å². The highest BCUT2D eigenvalue weighted by molar-refractivity contribution is 6.22. The van der Waals surface area contributed by atoms with Gasteiger partial charge in [0.1, 0.15) is 6.04 Å². The molecule has 1 atom stereocenters. The van der Waals surface area contributed by atoms with Gasteiger partial charge in [0.25, 0.3) is 0 Å². The molecule has 0 fully saturated rings. The lowest BCUT2D eigenvalue weighted by Crippen LogP contribution is -2.13. The summed E-state index contributed by atoms with van der Waals surface area (Å²) >= 11 is 0. The second-order valence-corrected chi connectivity index (χ2v) is 9.22. The minimum atomic E-state index is -0.969. The summed E-state index contributed by atoms with van der Waals surface area (Å²) in [5, 5.41) is 28.9. The first-order chi connectivity index (χ1) is 18.3. The summed E-state index contributed by atoms with van der Waals surface area (Å²) < 4.78 is 2.17. The molecule has 5 aromatic rings. The fraction of sp³-hybridized carbons (Fsp3) is 0.0938. The molecule has 0 amide bonds. The van der Waals surface area contributed by atoms with E-state index in [1.807, 2.05) is 66.7 Å². The van der Waals surface area contributed by atoms with E-state index in [-0.39, 0.29) is 23.1 Å². The summed E-state index contributed by atoms with van der Waals surface area (Å²) in [6.45, 7) is 3.25. The molecule has 2 aromatic heterocycles. The Hall–Kier alpha value is -4.97. The van der Waals surface area contributed by atoms with Gasteiger partial charge >= 0.3 is 5.97 Å². The molecule has 38 heavy (non-hydrogen) atoms. The number of aromatic nitrogens is 2.